The molecule has 2 fully saturated rings. The summed E-state index contributed by atoms with van der Waals surface area (Å²) in [6, 6.07) is 2.40. The number of likely N-dealkylation sites (tertiary alicyclic amines) is 2. The molecule has 22 heavy (non-hydrogen) atoms. The van der Waals surface area contributed by atoms with Crippen LogP contribution in [0, 0.1) is 0 Å². The molecule has 0 spiro atoms. The van der Waals surface area contributed by atoms with Crippen molar-refractivity contribution >= 4 is 5.91 Å². The number of nitrogens with zero attached hydrogens (tertiary/aromatic N) is 2. The van der Waals surface area contributed by atoms with Crippen LogP contribution < -0.4 is 5.32 Å². The molecule has 2 aliphatic rings. The third-order valence-electron chi connectivity index (χ3n) is 5.75. The second kappa shape index (κ2) is 7.78. The van der Waals surface area contributed by atoms with Crippen molar-refractivity contribution in [2.45, 2.75) is 103 Å². The molecule has 0 aliphatic carbocycles. The van der Waals surface area contributed by atoms with E-state index in [1.807, 2.05) is 0 Å². The lowest BCUT2D eigenvalue weighted by molar-refractivity contribution is -0.121. The molecule has 0 aromatic heterocycles. The van der Waals surface area contributed by atoms with E-state index in [-0.39, 0.29) is 5.91 Å². The second-order valence-electron chi connectivity index (χ2n) is 7.57. The Labute approximate surface area is 136 Å². The Morgan fingerprint density at radius 2 is 1.27 bits per heavy atom. The summed E-state index contributed by atoms with van der Waals surface area (Å²) >= 11 is 0. The van der Waals surface area contributed by atoms with Crippen molar-refractivity contribution in [2.75, 3.05) is 6.54 Å². The second-order valence-corrected chi connectivity index (χ2v) is 7.57. The minimum atomic E-state index is 0.0830. The number of rotatable bonds is 4. The van der Waals surface area contributed by atoms with Gasteiger partial charge in [-0.3, -0.25) is 14.6 Å². The van der Waals surface area contributed by atoms with Crippen molar-refractivity contribution in [3.63, 3.8) is 0 Å². The van der Waals surface area contributed by atoms with Gasteiger partial charge in [-0.25, -0.2) is 0 Å². The first-order valence-electron chi connectivity index (χ1n) is 9.21. The van der Waals surface area contributed by atoms with Crippen LogP contribution >= 0.6 is 0 Å². The van der Waals surface area contributed by atoms with Crippen LogP contribution in [0.5, 0.6) is 0 Å². The van der Waals surface area contributed by atoms with Crippen LogP contribution in [-0.2, 0) is 4.79 Å². The summed E-state index contributed by atoms with van der Waals surface area (Å²) in [7, 11) is 0. The van der Waals surface area contributed by atoms with Gasteiger partial charge in [0.1, 0.15) is 0 Å². The molecular weight excluding hydrogens is 274 g/mol. The number of carbonyl (C=O) groups is 1. The number of nitrogens with one attached hydrogen (secondary N) is 1. The topological polar surface area (TPSA) is 35.6 Å². The largest absolute Gasteiger partial charge is 0.353 e. The number of piperidine rings is 2. The summed E-state index contributed by atoms with van der Waals surface area (Å²) in [4.78, 5) is 16.8. The predicted molar refractivity (Wildman–Crippen MR) is 91.7 cm³/mol. The first kappa shape index (κ1) is 17.7. The molecule has 4 atom stereocenters. The fourth-order valence-corrected chi connectivity index (χ4v) is 4.66. The van der Waals surface area contributed by atoms with E-state index < -0.39 is 0 Å². The van der Waals surface area contributed by atoms with Gasteiger partial charge in [0.25, 0.3) is 0 Å². The molecule has 0 bridgehead atoms. The summed E-state index contributed by atoms with van der Waals surface area (Å²) in [5.74, 6) is 0.0830. The summed E-state index contributed by atoms with van der Waals surface area (Å²) in [5, 5.41) is 3.10. The van der Waals surface area contributed by atoms with Gasteiger partial charge >= 0.3 is 0 Å². The molecule has 4 heteroatoms. The first-order chi connectivity index (χ1) is 10.4. The van der Waals surface area contributed by atoms with Crippen molar-refractivity contribution in [1.82, 2.24) is 15.1 Å². The molecule has 2 aliphatic heterocycles. The molecule has 4 nitrogen and oxygen atoms in total. The average molecular weight is 309 g/mol. The maximum atomic E-state index is 11.5. The molecule has 2 saturated heterocycles. The summed E-state index contributed by atoms with van der Waals surface area (Å²) in [6.07, 6.45) is 8.09. The van der Waals surface area contributed by atoms with Gasteiger partial charge in [0.2, 0.25) is 5.91 Å². The van der Waals surface area contributed by atoms with Crippen molar-refractivity contribution in [3.8, 4) is 0 Å². The summed E-state index contributed by atoms with van der Waals surface area (Å²) < 4.78 is 0. The number of hydrogen-bond acceptors (Lipinski definition) is 3. The number of carbonyl (C=O) groups excluding carboxylic acids is 1. The summed E-state index contributed by atoms with van der Waals surface area (Å²) in [5.41, 5.74) is 0. The zero-order valence-corrected chi connectivity index (χ0v) is 15.1. The molecule has 2 heterocycles. The summed E-state index contributed by atoms with van der Waals surface area (Å²) in [6.45, 7) is 11.8. The van der Waals surface area contributed by atoms with Gasteiger partial charge in [0.05, 0.1) is 6.17 Å². The van der Waals surface area contributed by atoms with Crippen molar-refractivity contribution < 1.29 is 4.79 Å². The predicted octanol–water partition coefficient (Wildman–Crippen LogP) is 2.97. The van der Waals surface area contributed by atoms with Crippen LogP contribution in [0.25, 0.3) is 0 Å². The van der Waals surface area contributed by atoms with E-state index in [0.717, 1.165) is 6.54 Å². The van der Waals surface area contributed by atoms with E-state index in [2.05, 4.69) is 42.8 Å². The van der Waals surface area contributed by atoms with Crippen LogP contribution in [0.15, 0.2) is 0 Å². The van der Waals surface area contributed by atoms with E-state index in [4.69, 9.17) is 0 Å². The lowest BCUT2D eigenvalue weighted by Gasteiger charge is -2.53. The fourth-order valence-electron chi connectivity index (χ4n) is 4.66. The number of hydrogen-bond donors (Lipinski definition) is 1. The van der Waals surface area contributed by atoms with Gasteiger partial charge in [-0.2, -0.15) is 0 Å². The highest BCUT2D eigenvalue weighted by atomic mass is 16.1. The highest BCUT2D eigenvalue weighted by Gasteiger charge is 2.39. The maximum Gasteiger partial charge on any atom is 0.216 e. The molecular formula is C18H35N3O. The first-order valence-corrected chi connectivity index (χ1v) is 9.21. The van der Waals surface area contributed by atoms with Gasteiger partial charge in [0, 0.05) is 37.6 Å². The molecule has 0 radical (unpaired) electrons. The lowest BCUT2D eigenvalue weighted by Crippen LogP contribution is -2.64. The Hall–Kier alpha value is -0.610. The van der Waals surface area contributed by atoms with Gasteiger partial charge in [-0.05, 0) is 53.4 Å². The third kappa shape index (κ3) is 4.02. The molecule has 1 N–H and O–H groups in total. The SMILES string of the molecule is CC(=O)NCC(N1C(C)CCCC1C)N1C(C)CCCC1C. The normalized spacial score (nSPS) is 36.0. The van der Waals surface area contributed by atoms with E-state index in [1.54, 1.807) is 6.92 Å². The van der Waals surface area contributed by atoms with Crippen molar-refractivity contribution in [2.24, 2.45) is 0 Å². The molecule has 0 saturated carbocycles. The molecule has 4 unspecified atom stereocenters. The molecule has 2 rings (SSSR count). The average Bonchev–Trinajstić information content (AvgIpc) is 2.43. The van der Waals surface area contributed by atoms with Gasteiger partial charge < -0.3 is 5.32 Å². The van der Waals surface area contributed by atoms with E-state index in [9.17, 15) is 4.79 Å². The maximum absolute atomic E-state index is 11.5. The quantitative estimate of drug-likeness (QED) is 0.867. The van der Waals surface area contributed by atoms with Crippen molar-refractivity contribution in [1.29, 1.82) is 0 Å². The smallest absolute Gasteiger partial charge is 0.216 e. The fraction of sp³-hybridized carbons (Fsp3) is 0.944. The number of amides is 1. The Kier molecular flexibility index (Phi) is 6.27. The standard InChI is InChI=1S/C18H35N3O/c1-13-8-6-9-14(2)20(13)18(12-19-17(5)22)21-15(3)10-7-11-16(21)4/h13-16,18H,6-12H2,1-5H3,(H,19,22). The lowest BCUT2D eigenvalue weighted by atomic mass is 9.93. The van der Waals surface area contributed by atoms with E-state index in [0.29, 0.717) is 30.3 Å². The zero-order chi connectivity index (χ0) is 16.3. The Morgan fingerprint density at radius 3 is 1.59 bits per heavy atom. The molecule has 1 amide bonds. The van der Waals surface area contributed by atoms with Gasteiger partial charge in [-0.15, -0.1) is 0 Å². The Bertz CT molecular complexity index is 327. The Balaban J connectivity index is 2.22. The Morgan fingerprint density at radius 1 is 0.909 bits per heavy atom. The minimum Gasteiger partial charge on any atom is -0.353 e. The van der Waals surface area contributed by atoms with Crippen LogP contribution in [0.1, 0.15) is 73.1 Å². The third-order valence-corrected chi connectivity index (χ3v) is 5.75. The zero-order valence-electron chi connectivity index (χ0n) is 15.1. The minimum absolute atomic E-state index is 0.0830. The van der Waals surface area contributed by atoms with Crippen LogP contribution in [0.3, 0.4) is 0 Å². The van der Waals surface area contributed by atoms with Crippen LogP contribution in [0.2, 0.25) is 0 Å². The van der Waals surface area contributed by atoms with Gasteiger partial charge in [-0.1, -0.05) is 12.8 Å². The van der Waals surface area contributed by atoms with Crippen LogP contribution in [-0.4, -0.2) is 52.6 Å². The molecule has 128 valence electrons. The molecule has 0 aromatic carbocycles. The molecule has 0 aromatic rings. The van der Waals surface area contributed by atoms with Gasteiger partial charge in [0.15, 0.2) is 0 Å². The highest BCUT2D eigenvalue weighted by Crippen LogP contribution is 2.31. The van der Waals surface area contributed by atoms with E-state index >= 15 is 0 Å². The highest BCUT2D eigenvalue weighted by molar-refractivity contribution is 5.72. The van der Waals surface area contributed by atoms with Crippen molar-refractivity contribution in [3.05, 3.63) is 0 Å². The van der Waals surface area contributed by atoms with Crippen LogP contribution in [0.4, 0.5) is 0 Å². The van der Waals surface area contributed by atoms with E-state index in [1.165, 1.54) is 38.5 Å². The monoisotopic (exact) mass is 309 g/mol.